The summed E-state index contributed by atoms with van der Waals surface area (Å²) in [4.78, 5) is 8.76. The fourth-order valence-corrected chi connectivity index (χ4v) is 4.70. The van der Waals surface area contributed by atoms with Gasteiger partial charge in [-0.15, -0.1) is 11.3 Å². The Hall–Kier alpha value is -0.450. The average Bonchev–Trinajstić information content (AvgIpc) is 3.11. The third kappa shape index (κ3) is 2.66. The Morgan fingerprint density at radius 1 is 1.50 bits per heavy atom. The number of hydrogen-bond acceptors (Lipinski definition) is 4. The minimum atomic E-state index is 0.394. The van der Waals surface area contributed by atoms with Crippen LogP contribution in [0.3, 0.4) is 0 Å². The number of piperazine rings is 1. The Morgan fingerprint density at radius 2 is 2.25 bits per heavy atom. The number of nitrogens with zero attached hydrogens (tertiary/aromatic N) is 2. The van der Waals surface area contributed by atoms with E-state index in [0.717, 1.165) is 13.0 Å². The van der Waals surface area contributed by atoms with Crippen LogP contribution in [0.2, 0.25) is 0 Å². The molecule has 1 aliphatic carbocycles. The van der Waals surface area contributed by atoms with E-state index in [-0.39, 0.29) is 0 Å². The Labute approximate surface area is 126 Å². The topological polar surface area (TPSA) is 28.2 Å². The maximum atomic E-state index is 4.67. The van der Waals surface area contributed by atoms with Crippen molar-refractivity contribution >= 4 is 11.3 Å². The minimum absolute atomic E-state index is 0.394. The Morgan fingerprint density at radius 3 is 2.90 bits per heavy atom. The molecule has 2 fully saturated rings. The van der Waals surface area contributed by atoms with Crippen LogP contribution in [0.5, 0.6) is 0 Å². The highest BCUT2D eigenvalue weighted by Gasteiger charge is 2.41. The van der Waals surface area contributed by atoms with E-state index >= 15 is 0 Å². The van der Waals surface area contributed by atoms with Gasteiger partial charge in [0.25, 0.3) is 0 Å². The third-order valence-electron chi connectivity index (χ3n) is 5.16. The monoisotopic (exact) mass is 293 g/mol. The van der Waals surface area contributed by atoms with E-state index in [1.807, 2.05) is 11.3 Å². The van der Waals surface area contributed by atoms with Crippen molar-refractivity contribution in [2.24, 2.45) is 0 Å². The van der Waals surface area contributed by atoms with Crippen molar-refractivity contribution in [3.8, 4) is 0 Å². The van der Waals surface area contributed by atoms with Crippen molar-refractivity contribution in [1.82, 2.24) is 15.2 Å². The predicted molar refractivity (Wildman–Crippen MR) is 85.3 cm³/mol. The molecule has 3 nitrogen and oxygen atoms in total. The zero-order valence-electron chi connectivity index (χ0n) is 13.0. The number of aryl methyl sites for hydroxylation is 1. The Bertz CT molecular complexity index is 450. The molecule has 3 rings (SSSR count). The van der Waals surface area contributed by atoms with Crippen molar-refractivity contribution in [3.63, 3.8) is 0 Å². The van der Waals surface area contributed by atoms with Crippen molar-refractivity contribution in [3.05, 3.63) is 16.1 Å². The van der Waals surface area contributed by atoms with Gasteiger partial charge in [0.2, 0.25) is 0 Å². The fraction of sp³-hybridized carbons (Fsp3) is 0.812. The van der Waals surface area contributed by atoms with Crippen LogP contribution in [0.25, 0.3) is 0 Å². The van der Waals surface area contributed by atoms with E-state index in [1.165, 1.54) is 42.1 Å². The molecule has 1 aromatic heterocycles. The maximum absolute atomic E-state index is 4.67. The summed E-state index contributed by atoms with van der Waals surface area (Å²) in [6.07, 6.45) is 8.64. The summed E-state index contributed by atoms with van der Waals surface area (Å²) in [5.74, 6) is 0. The second-order valence-electron chi connectivity index (χ2n) is 6.58. The molecule has 0 radical (unpaired) electrons. The molecule has 1 aromatic rings. The van der Waals surface area contributed by atoms with Gasteiger partial charge in [0, 0.05) is 35.7 Å². The second-order valence-corrected chi connectivity index (χ2v) is 7.73. The van der Waals surface area contributed by atoms with Crippen LogP contribution in [0.4, 0.5) is 0 Å². The molecule has 2 atom stereocenters. The summed E-state index contributed by atoms with van der Waals surface area (Å²) < 4.78 is 0. The standard InChI is InChI=1S/C16H27N3S/c1-4-14-10-17-15(20-14)13(3)19-11-16(7-5-6-8-16)18-9-12(19)2/h10,12-13,18H,4-9,11H2,1-3H3. The molecule has 0 aromatic carbocycles. The molecule has 0 bridgehead atoms. The largest absolute Gasteiger partial charge is 0.308 e. The lowest BCUT2D eigenvalue weighted by Crippen LogP contribution is -2.62. The smallest absolute Gasteiger partial charge is 0.110 e. The van der Waals surface area contributed by atoms with E-state index < -0.39 is 0 Å². The molecule has 1 saturated heterocycles. The van der Waals surface area contributed by atoms with E-state index in [4.69, 9.17) is 0 Å². The molecule has 2 aliphatic rings. The van der Waals surface area contributed by atoms with E-state index in [9.17, 15) is 0 Å². The van der Waals surface area contributed by atoms with Gasteiger partial charge in [0.1, 0.15) is 5.01 Å². The van der Waals surface area contributed by atoms with Gasteiger partial charge in [-0.2, -0.15) is 0 Å². The first-order valence-corrected chi connectivity index (χ1v) is 8.90. The van der Waals surface area contributed by atoms with Gasteiger partial charge in [0.15, 0.2) is 0 Å². The SMILES string of the molecule is CCc1cnc(C(C)N2CC3(CCCC3)NCC2C)s1. The molecular formula is C16H27N3S. The maximum Gasteiger partial charge on any atom is 0.110 e. The fourth-order valence-electron chi connectivity index (χ4n) is 3.77. The molecule has 2 unspecified atom stereocenters. The first-order valence-electron chi connectivity index (χ1n) is 8.09. The predicted octanol–water partition coefficient (Wildman–Crippen LogP) is 3.37. The molecule has 112 valence electrons. The van der Waals surface area contributed by atoms with Crippen LogP contribution >= 0.6 is 11.3 Å². The molecule has 0 amide bonds. The van der Waals surface area contributed by atoms with Crippen LogP contribution in [0.15, 0.2) is 6.20 Å². The van der Waals surface area contributed by atoms with Crippen LogP contribution in [0, 0.1) is 0 Å². The lowest BCUT2D eigenvalue weighted by Gasteiger charge is -2.47. The average molecular weight is 293 g/mol. The van der Waals surface area contributed by atoms with Gasteiger partial charge >= 0.3 is 0 Å². The van der Waals surface area contributed by atoms with E-state index in [0.29, 0.717) is 17.6 Å². The Balaban J connectivity index is 1.76. The normalized spacial score (nSPS) is 28.1. The van der Waals surface area contributed by atoms with Crippen LogP contribution in [-0.4, -0.2) is 34.6 Å². The van der Waals surface area contributed by atoms with Gasteiger partial charge in [-0.05, 0) is 33.1 Å². The van der Waals surface area contributed by atoms with Gasteiger partial charge in [-0.25, -0.2) is 4.98 Å². The van der Waals surface area contributed by atoms with E-state index in [1.54, 1.807) is 0 Å². The molecule has 1 saturated carbocycles. The van der Waals surface area contributed by atoms with Crippen molar-refractivity contribution in [2.75, 3.05) is 13.1 Å². The molecule has 4 heteroatoms. The first kappa shape index (κ1) is 14.5. The van der Waals surface area contributed by atoms with Crippen LogP contribution in [0.1, 0.15) is 62.4 Å². The quantitative estimate of drug-likeness (QED) is 0.926. The van der Waals surface area contributed by atoms with Crippen molar-refractivity contribution < 1.29 is 0 Å². The summed E-state index contributed by atoms with van der Waals surface area (Å²) in [6, 6.07) is 1.06. The summed E-state index contributed by atoms with van der Waals surface area (Å²) in [5.41, 5.74) is 0.394. The summed E-state index contributed by atoms with van der Waals surface area (Å²) in [6.45, 7) is 9.21. The molecule has 1 aliphatic heterocycles. The first-order chi connectivity index (χ1) is 9.63. The number of rotatable bonds is 3. The van der Waals surface area contributed by atoms with Gasteiger partial charge < -0.3 is 5.32 Å². The minimum Gasteiger partial charge on any atom is -0.308 e. The third-order valence-corrected chi connectivity index (χ3v) is 6.47. The summed E-state index contributed by atoms with van der Waals surface area (Å²) in [5, 5.41) is 5.13. The number of thiazole rings is 1. The van der Waals surface area contributed by atoms with Crippen LogP contribution < -0.4 is 5.32 Å². The molecule has 20 heavy (non-hydrogen) atoms. The zero-order valence-corrected chi connectivity index (χ0v) is 13.8. The van der Waals surface area contributed by atoms with Crippen molar-refractivity contribution in [1.29, 1.82) is 0 Å². The number of aromatic nitrogens is 1. The zero-order chi connectivity index (χ0) is 14.2. The summed E-state index contributed by atoms with van der Waals surface area (Å²) >= 11 is 1.89. The second kappa shape index (κ2) is 5.74. The van der Waals surface area contributed by atoms with Gasteiger partial charge in [-0.3, -0.25) is 4.90 Å². The summed E-state index contributed by atoms with van der Waals surface area (Å²) in [7, 11) is 0. The molecule has 1 N–H and O–H groups in total. The number of hydrogen-bond donors (Lipinski definition) is 1. The highest BCUT2D eigenvalue weighted by atomic mass is 32.1. The van der Waals surface area contributed by atoms with Gasteiger partial charge in [0.05, 0.1) is 6.04 Å². The lowest BCUT2D eigenvalue weighted by atomic mass is 9.91. The van der Waals surface area contributed by atoms with Crippen molar-refractivity contribution in [2.45, 2.75) is 70.5 Å². The highest BCUT2D eigenvalue weighted by Crippen LogP contribution is 2.37. The molecule has 1 spiro atoms. The lowest BCUT2D eigenvalue weighted by molar-refractivity contribution is 0.0562. The molecular weight excluding hydrogens is 266 g/mol. The van der Waals surface area contributed by atoms with E-state index in [2.05, 4.69) is 42.2 Å². The number of nitrogens with one attached hydrogen (secondary N) is 1. The highest BCUT2D eigenvalue weighted by molar-refractivity contribution is 7.11. The molecule has 2 heterocycles. The van der Waals surface area contributed by atoms with Crippen LogP contribution in [-0.2, 0) is 6.42 Å². The Kier molecular flexibility index (Phi) is 4.16. The van der Waals surface area contributed by atoms with Gasteiger partial charge in [-0.1, -0.05) is 19.8 Å².